The molecule has 6 heteroatoms. The second-order valence-corrected chi connectivity index (χ2v) is 22.5. The molecule has 0 fully saturated rings. The third-order valence-electron chi connectivity index (χ3n) is 15.1. The molecule has 0 rings (SSSR count). The standard InChI is InChI=1S/C67H127NO5/c1-3-5-7-9-11-13-15-17-18-19-20-26-29-32-36-39-43-47-51-55-59-65(70)64(63-69)68-66(71)60-56-52-48-44-40-37-33-30-27-24-22-21-23-25-28-31-34-38-42-46-50-54-58-62-73-67(72)61-57-53-49-45-41-35-16-14-12-10-8-6-4-2/h8,10,14,16,55,59,64-65,69-70H,3-7,9,11-13,15,17-54,56-58,60-63H2,1-2H3,(H,68,71)/b10-8-,16-14-,59-55+. The number of ether oxygens (including phenoxy) is 1. The second kappa shape index (κ2) is 62.6. The summed E-state index contributed by atoms with van der Waals surface area (Å²) in [6.45, 7) is 4.86. The number of nitrogens with one attached hydrogen (secondary N) is 1. The molecule has 0 spiro atoms. The van der Waals surface area contributed by atoms with Crippen LogP contribution in [0.5, 0.6) is 0 Å². The summed E-state index contributed by atoms with van der Waals surface area (Å²) in [4.78, 5) is 24.5. The number of aliphatic hydroxyl groups excluding tert-OH is 2. The van der Waals surface area contributed by atoms with Crippen LogP contribution in [0.2, 0.25) is 0 Å². The van der Waals surface area contributed by atoms with Gasteiger partial charge in [0.15, 0.2) is 0 Å². The number of carbonyl (C=O) groups excluding carboxylic acids is 2. The number of unbranched alkanes of at least 4 members (excludes halogenated alkanes) is 46. The molecular weight excluding hydrogens is 899 g/mol. The second-order valence-electron chi connectivity index (χ2n) is 22.5. The fourth-order valence-electron chi connectivity index (χ4n) is 10.1. The predicted molar refractivity (Wildman–Crippen MR) is 319 cm³/mol. The summed E-state index contributed by atoms with van der Waals surface area (Å²) < 4.78 is 5.47. The average Bonchev–Trinajstić information content (AvgIpc) is 3.39. The largest absolute Gasteiger partial charge is 0.466 e. The van der Waals surface area contributed by atoms with Gasteiger partial charge in [0.1, 0.15) is 0 Å². The van der Waals surface area contributed by atoms with E-state index in [-0.39, 0.29) is 18.5 Å². The van der Waals surface area contributed by atoms with Crippen LogP contribution in [-0.2, 0) is 14.3 Å². The summed E-state index contributed by atoms with van der Waals surface area (Å²) in [5.74, 6) is -0.0660. The Morgan fingerprint density at radius 3 is 1.10 bits per heavy atom. The highest BCUT2D eigenvalue weighted by Gasteiger charge is 2.18. The van der Waals surface area contributed by atoms with Crippen molar-refractivity contribution in [3.8, 4) is 0 Å². The molecule has 0 aromatic heterocycles. The molecule has 0 aliphatic rings. The number of rotatable bonds is 61. The Bertz CT molecular complexity index is 1180. The lowest BCUT2D eigenvalue weighted by Gasteiger charge is -2.20. The Hall–Kier alpha value is -1.92. The van der Waals surface area contributed by atoms with Crippen molar-refractivity contribution in [1.82, 2.24) is 5.32 Å². The van der Waals surface area contributed by atoms with Gasteiger partial charge in [-0.15, -0.1) is 0 Å². The van der Waals surface area contributed by atoms with Gasteiger partial charge < -0.3 is 20.3 Å². The Kier molecular flexibility index (Phi) is 61.0. The zero-order valence-electron chi connectivity index (χ0n) is 49.1. The SMILES string of the molecule is CCC/C=C\C/C=C\CCCCCCCC(=O)OCCCCCCCCCCCCCCCCCCCCCCCCCC(=O)NC(CO)C(O)/C=C/CCCCCCCCCCCCCCCCCCCC. The number of hydrogen-bond acceptors (Lipinski definition) is 5. The number of allylic oxidation sites excluding steroid dienone is 5. The van der Waals surface area contributed by atoms with Gasteiger partial charge in [0.25, 0.3) is 0 Å². The van der Waals surface area contributed by atoms with Gasteiger partial charge >= 0.3 is 5.97 Å². The van der Waals surface area contributed by atoms with Crippen molar-refractivity contribution in [2.45, 2.75) is 366 Å². The molecule has 0 aliphatic carbocycles. The van der Waals surface area contributed by atoms with Crippen molar-refractivity contribution in [2.75, 3.05) is 13.2 Å². The van der Waals surface area contributed by atoms with Crippen molar-refractivity contribution in [1.29, 1.82) is 0 Å². The van der Waals surface area contributed by atoms with E-state index in [2.05, 4.69) is 43.5 Å². The maximum Gasteiger partial charge on any atom is 0.305 e. The van der Waals surface area contributed by atoms with Crippen LogP contribution in [-0.4, -0.2) is 47.4 Å². The van der Waals surface area contributed by atoms with Crippen LogP contribution < -0.4 is 5.32 Å². The van der Waals surface area contributed by atoms with Crippen molar-refractivity contribution in [3.63, 3.8) is 0 Å². The van der Waals surface area contributed by atoms with Crippen LogP contribution in [0.15, 0.2) is 36.5 Å². The molecule has 0 saturated heterocycles. The molecule has 2 atom stereocenters. The fourth-order valence-corrected chi connectivity index (χ4v) is 10.1. The summed E-state index contributed by atoms with van der Waals surface area (Å²) >= 11 is 0. The zero-order chi connectivity index (χ0) is 52.9. The molecule has 1 amide bonds. The first-order valence-electron chi connectivity index (χ1n) is 32.8. The lowest BCUT2D eigenvalue weighted by Crippen LogP contribution is -2.45. The molecule has 0 heterocycles. The van der Waals surface area contributed by atoms with Gasteiger partial charge in [0.05, 0.1) is 25.4 Å². The molecule has 0 radical (unpaired) electrons. The maximum absolute atomic E-state index is 12.5. The average molecular weight is 1030 g/mol. The zero-order valence-corrected chi connectivity index (χ0v) is 49.1. The first kappa shape index (κ1) is 71.1. The predicted octanol–water partition coefficient (Wildman–Crippen LogP) is 20.8. The van der Waals surface area contributed by atoms with E-state index in [9.17, 15) is 19.8 Å². The monoisotopic (exact) mass is 1030 g/mol. The summed E-state index contributed by atoms with van der Waals surface area (Å²) in [5, 5.41) is 23.2. The first-order valence-corrected chi connectivity index (χ1v) is 32.8. The van der Waals surface area contributed by atoms with Crippen LogP contribution in [0.1, 0.15) is 354 Å². The van der Waals surface area contributed by atoms with Crippen molar-refractivity contribution >= 4 is 11.9 Å². The minimum atomic E-state index is -0.845. The van der Waals surface area contributed by atoms with E-state index < -0.39 is 12.1 Å². The molecule has 0 bridgehead atoms. The number of hydrogen-bond donors (Lipinski definition) is 3. The molecular formula is C67H127NO5. The molecule has 0 aromatic rings. The van der Waals surface area contributed by atoms with Gasteiger partial charge in [-0.2, -0.15) is 0 Å². The maximum atomic E-state index is 12.5. The topological polar surface area (TPSA) is 95.9 Å². The van der Waals surface area contributed by atoms with E-state index in [1.54, 1.807) is 6.08 Å². The van der Waals surface area contributed by atoms with Crippen molar-refractivity contribution in [3.05, 3.63) is 36.5 Å². The Morgan fingerprint density at radius 1 is 0.384 bits per heavy atom. The molecule has 0 aliphatic heterocycles. The summed E-state index contributed by atoms with van der Waals surface area (Å²) in [6.07, 6.45) is 79.1. The van der Waals surface area contributed by atoms with Crippen LogP contribution >= 0.6 is 0 Å². The molecule has 6 nitrogen and oxygen atoms in total. The molecule has 430 valence electrons. The van der Waals surface area contributed by atoms with E-state index in [1.165, 1.54) is 276 Å². The Morgan fingerprint density at radius 2 is 0.712 bits per heavy atom. The van der Waals surface area contributed by atoms with Crippen LogP contribution in [0, 0.1) is 0 Å². The third kappa shape index (κ3) is 59.2. The van der Waals surface area contributed by atoms with E-state index in [1.807, 2.05) is 6.08 Å². The summed E-state index contributed by atoms with van der Waals surface area (Å²) in [6, 6.07) is -0.629. The van der Waals surface area contributed by atoms with E-state index in [0.717, 1.165) is 51.4 Å². The molecule has 0 saturated carbocycles. The number of amides is 1. The highest BCUT2D eigenvalue weighted by molar-refractivity contribution is 5.76. The van der Waals surface area contributed by atoms with Gasteiger partial charge in [0, 0.05) is 12.8 Å². The van der Waals surface area contributed by atoms with Gasteiger partial charge in [-0.1, -0.05) is 320 Å². The first-order chi connectivity index (χ1) is 36.0. The van der Waals surface area contributed by atoms with Crippen LogP contribution in [0.25, 0.3) is 0 Å². The smallest absolute Gasteiger partial charge is 0.305 e. The van der Waals surface area contributed by atoms with E-state index in [4.69, 9.17) is 4.74 Å². The lowest BCUT2D eigenvalue weighted by atomic mass is 10.0. The van der Waals surface area contributed by atoms with E-state index >= 15 is 0 Å². The minimum absolute atomic E-state index is 0.00126. The summed E-state index contributed by atoms with van der Waals surface area (Å²) in [7, 11) is 0. The number of esters is 1. The van der Waals surface area contributed by atoms with Gasteiger partial charge in [-0.05, 0) is 57.8 Å². The summed E-state index contributed by atoms with van der Waals surface area (Å²) in [5.41, 5.74) is 0. The lowest BCUT2D eigenvalue weighted by molar-refractivity contribution is -0.143. The van der Waals surface area contributed by atoms with Gasteiger partial charge in [0.2, 0.25) is 5.91 Å². The highest BCUT2D eigenvalue weighted by atomic mass is 16.5. The van der Waals surface area contributed by atoms with Gasteiger partial charge in [-0.3, -0.25) is 9.59 Å². The third-order valence-corrected chi connectivity index (χ3v) is 15.1. The highest BCUT2D eigenvalue weighted by Crippen LogP contribution is 2.18. The molecule has 2 unspecified atom stereocenters. The normalized spacial score (nSPS) is 12.8. The van der Waals surface area contributed by atoms with Gasteiger partial charge in [-0.25, -0.2) is 0 Å². The number of aliphatic hydroxyl groups is 2. The van der Waals surface area contributed by atoms with Crippen LogP contribution in [0.4, 0.5) is 0 Å². The quantitative estimate of drug-likeness (QED) is 0.0320. The molecule has 73 heavy (non-hydrogen) atoms. The molecule has 3 N–H and O–H groups in total. The Labute approximate surface area is 455 Å². The minimum Gasteiger partial charge on any atom is -0.466 e. The van der Waals surface area contributed by atoms with E-state index in [0.29, 0.717) is 19.4 Å². The fraction of sp³-hybridized carbons (Fsp3) is 0.881. The Balaban J connectivity index is 3.41. The molecule has 0 aromatic carbocycles. The van der Waals surface area contributed by atoms with Crippen LogP contribution in [0.3, 0.4) is 0 Å². The van der Waals surface area contributed by atoms with Crippen molar-refractivity contribution < 1.29 is 24.5 Å². The number of carbonyl (C=O) groups is 2. The van der Waals surface area contributed by atoms with Crippen molar-refractivity contribution in [2.24, 2.45) is 0 Å².